The van der Waals surface area contributed by atoms with Gasteiger partial charge in [-0.05, 0) is 37.0 Å². The zero-order valence-electron chi connectivity index (χ0n) is 35.9. The van der Waals surface area contributed by atoms with Gasteiger partial charge >= 0.3 is 5.97 Å². The molecule has 0 fully saturated rings. The third kappa shape index (κ3) is 17.6. The van der Waals surface area contributed by atoms with Crippen molar-refractivity contribution in [3.63, 3.8) is 0 Å². The summed E-state index contributed by atoms with van der Waals surface area (Å²) in [5.41, 5.74) is 23.5. The van der Waals surface area contributed by atoms with Crippen molar-refractivity contribution >= 4 is 76.0 Å². The molecule has 0 aliphatic rings. The number of fused-ring (bicyclic) bond motifs is 1. The molecule has 1 aromatic heterocycles. The number of hydrogen-bond donors (Lipinski definition) is 15. The van der Waals surface area contributed by atoms with E-state index < -0.39 is 121 Å². The first kappa shape index (κ1) is 52.3. The molecule has 0 bridgehead atoms. The van der Waals surface area contributed by atoms with Gasteiger partial charge in [0.15, 0.2) is 5.96 Å². The Bertz CT molecular complexity index is 2250. The summed E-state index contributed by atoms with van der Waals surface area (Å²) in [5, 5.41) is 36.9. The number of carboxylic acid groups (broad SMARTS) is 1. The topological polar surface area (TPSA) is 431 Å². The molecule has 3 aromatic rings. The lowest BCUT2D eigenvalue weighted by Crippen LogP contribution is -2.59. The summed E-state index contributed by atoms with van der Waals surface area (Å²) in [5.74, 6) is -10.4. The van der Waals surface area contributed by atoms with Crippen molar-refractivity contribution in [2.75, 3.05) is 19.6 Å². The number of amides is 9. The zero-order valence-corrected chi connectivity index (χ0v) is 35.9. The van der Waals surface area contributed by atoms with Crippen LogP contribution in [0.1, 0.15) is 43.7 Å². The third-order valence-corrected chi connectivity index (χ3v) is 9.72. The molecule has 0 spiro atoms. The number of carbonyl (C=O) groups is 10. The van der Waals surface area contributed by atoms with E-state index in [1.165, 1.54) is 0 Å². The summed E-state index contributed by atoms with van der Waals surface area (Å²) < 4.78 is 0. The first-order chi connectivity index (χ1) is 31.3. The average Bonchev–Trinajstić information content (AvgIpc) is 3.67. The predicted octanol–water partition coefficient (Wildman–Crippen LogP) is -4.94. The lowest BCUT2D eigenvalue weighted by molar-refractivity contribution is -0.142. The van der Waals surface area contributed by atoms with Gasteiger partial charge in [-0.25, -0.2) is 4.79 Å². The normalized spacial score (nSPS) is 13.5. The standard InChI is InChI=1S/C41H56N14O11/c1-21(35(60)53-29(17-32(44)57)39(64)55-30(40(65)66)14-22-8-3-2-4-9-22)50-38(63)28(16-31(43)56)54-37(62)26(12-7-13-47-41(45)46)51-34(59)20-49-36(61)27(52-33(58)18-42)15-23-19-48-25-11-6-5-10-24(23)25/h2-6,8-11,19,21,26-30,48H,7,12-18,20,42H2,1H3,(H2,43,56)(H2,44,57)(H,49,61)(H,50,63)(H,51,59)(H,52,58)(H,53,60)(H,54,62)(H,55,64)(H,65,66)(H4,45,46,47)/t21-,26-,27-,28-,29-,30-/m0/s1. The van der Waals surface area contributed by atoms with E-state index in [2.05, 4.69) is 47.5 Å². The van der Waals surface area contributed by atoms with Gasteiger partial charge in [0.2, 0.25) is 53.2 Å². The van der Waals surface area contributed by atoms with Gasteiger partial charge in [0.25, 0.3) is 0 Å². The molecule has 0 aliphatic heterocycles. The number of nitrogens with one attached hydrogen (secondary N) is 10. The lowest BCUT2D eigenvalue weighted by atomic mass is 10.0. The Morgan fingerprint density at radius 2 is 1.20 bits per heavy atom. The molecular formula is C41H56N14O11. The second kappa shape index (κ2) is 25.9. The fourth-order valence-electron chi connectivity index (χ4n) is 6.41. The summed E-state index contributed by atoms with van der Waals surface area (Å²) in [6, 6.07) is 6.56. The van der Waals surface area contributed by atoms with Crippen molar-refractivity contribution in [2.24, 2.45) is 22.9 Å². The van der Waals surface area contributed by atoms with Gasteiger partial charge in [-0.1, -0.05) is 48.5 Å². The predicted molar refractivity (Wildman–Crippen MR) is 236 cm³/mol. The molecule has 356 valence electrons. The number of rotatable bonds is 27. The summed E-state index contributed by atoms with van der Waals surface area (Å²) >= 11 is 0. The average molecular weight is 921 g/mol. The number of carbonyl (C=O) groups excluding carboxylic acids is 9. The van der Waals surface area contributed by atoms with E-state index in [9.17, 15) is 53.1 Å². The van der Waals surface area contributed by atoms with Crippen molar-refractivity contribution in [1.82, 2.24) is 47.5 Å². The molecule has 6 atom stereocenters. The summed E-state index contributed by atoms with van der Waals surface area (Å²) in [6.45, 7) is 0.125. The van der Waals surface area contributed by atoms with Crippen LogP contribution in [0.15, 0.2) is 60.8 Å². The number of primary amides is 2. The number of hydrogen-bond acceptors (Lipinski definition) is 12. The van der Waals surface area contributed by atoms with Gasteiger partial charge in [0, 0.05) is 36.5 Å². The van der Waals surface area contributed by atoms with Crippen molar-refractivity contribution < 1.29 is 53.1 Å². The molecule has 3 rings (SSSR count). The van der Waals surface area contributed by atoms with Crippen molar-refractivity contribution in [2.45, 2.75) is 81.7 Å². The summed E-state index contributed by atoms with van der Waals surface area (Å²) in [6.07, 6.45) is -0.0221. The van der Waals surface area contributed by atoms with Crippen LogP contribution >= 0.6 is 0 Å². The van der Waals surface area contributed by atoms with E-state index in [0.29, 0.717) is 11.1 Å². The fourth-order valence-corrected chi connectivity index (χ4v) is 6.41. The van der Waals surface area contributed by atoms with E-state index in [-0.39, 0.29) is 38.2 Å². The van der Waals surface area contributed by atoms with Crippen LogP contribution in [0.3, 0.4) is 0 Å². The number of guanidine groups is 1. The number of benzene rings is 2. The molecule has 19 N–H and O–H groups in total. The maximum absolute atomic E-state index is 13.7. The number of aromatic nitrogens is 1. The zero-order chi connectivity index (χ0) is 48.9. The van der Waals surface area contributed by atoms with Crippen LogP contribution in [0.5, 0.6) is 0 Å². The van der Waals surface area contributed by atoms with E-state index in [1.807, 2.05) is 18.2 Å². The lowest BCUT2D eigenvalue weighted by Gasteiger charge is -2.25. The van der Waals surface area contributed by atoms with Crippen LogP contribution in [0.4, 0.5) is 0 Å². The van der Waals surface area contributed by atoms with Gasteiger partial charge in [-0.3, -0.25) is 48.6 Å². The van der Waals surface area contributed by atoms with Gasteiger partial charge in [-0.15, -0.1) is 0 Å². The fraction of sp³-hybridized carbons (Fsp3) is 0.390. The number of H-pyrrole nitrogens is 1. The van der Waals surface area contributed by atoms with Crippen molar-refractivity contribution in [3.8, 4) is 0 Å². The highest BCUT2D eigenvalue weighted by atomic mass is 16.4. The van der Waals surface area contributed by atoms with Gasteiger partial charge in [0.1, 0.15) is 36.3 Å². The molecule has 1 heterocycles. The second-order valence-electron chi connectivity index (χ2n) is 15.0. The van der Waals surface area contributed by atoms with Crippen LogP contribution < -0.4 is 65.5 Å². The molecule has 25 nitrogen and oxygen atoms in total. The van der Waals surface area contributed by atoms with Crippen molar-refractivity contribution in [3.05, 3.63) is 71.9 Å². The van der Waals surface area contributed by atoms with Crippen LogP contribution in [0.25, 0.3) is 10.9 Å². The van der Waals surface area contributed by atoms with Crippen LogP contribution in [0.2, 0.25) is 0 Å². The largest absolute Gasteiger partial charge is 0.480 e. The Labute approximate surface area is 377 Å². The van der Waals surface area contributed by atoms with Crippen molar-refractivity contribution in [1.29, 1.82) is 5.41 Å². The van der Waals surface area contributed by atoms with Crippen LogP contribution in [0, 0.1) is 5.41 Å². The number of carboxylic acids is 1. The Kier molecular flexibility index (Phi) is 20.5. The molecule has 0 radical (unpaired) electrons. The Morgan fingerprint density at radius 1 is 0.636 bits per heavy atom. The Balaban J connectivity index is 1.70. The molecule has 25 heteroatoms. The SMILES string of the molecule is C[C@H](NC(=O)[C@H](CC(N)=O)NC(=O)[C@H](CCCNC(=N)N)NC(=O)CNC(=O)[C@H](Cc1c[nH]c2ccccc12)NC(=O)CN)C(=O)N[C@@H](CC(N)=O)C(=O)N[C@@H](Cc1ccccc1)C(=O)O. The minimum Gasteiger partial charge on any atom is -0.480 e. The first-order valence-electron chi connectivity index (χ1n) is 20.5. The molecule has 9 amide bonds. The Morgan fingerprint density at radius 3 is 1.80 bits per heavy atom. The number of para-hydroxylation sites is 1. The maximum atomic E-state index is 13.7. The summed E-state index contributed by atoms with van der Waals surface area (Å²) in [4.78, 5) is 131. The first-order valence-corrected chi connectivity index (χ1v) is 20.5. The smallest absolute Gasteiger partial charge is 0.326 e. The van der Waals surface area contributed by atoms with Gasteiger partial charge < -0.3 is 75.6 Å². The minimum atomic E-state index is -1.74. The van der Waals surface area contributed by atoms with Crippen LogP contribution in [-0.4, -0.2) is 131 Å². The molecule has 2 aromatic carbocycles. The quantitative estimate of drug-likeness (QED) is 0.0194. The molecule has 66 heavy (non-hydrogen) atoms. The molecular weight excluding hydrogens is 865 g/mol. The minimum absolute atomic E-state index is 0.0205. The van der Waals surface area contributed by atoms with E-state index in [1.54, 1.807) is 42.6 Å². The van der Waals surface area contributed by atoms with Crippen LogP contribution in [-0.2, 0) is 60.8 Å². The van der Waals surface area contributed by atoms with E-state index in [0.717, 1.165) is 17.8 Å². The highest BCUT2D eigenvalue weighted by Gasteiger charge is 2.33. The highest BCUT2D eigenvalue weighted by Crippen LogP contribution is 2.19. The number of aliphatic carboxylic acids is 1. The van der Waals surface area contributed by atoms with Gasteiger partial charge in [-0.2, -0.15) is 0 Å². The number of nitrogens with two attached hydrogens (primary N) is 4. The van der Waals surface area contributed by atoms with Gasteiger partial charge in [0.05, 0.1) is 25.9 Å². The highest BCUT2D eigenvalue weighted by molar-refractivity contribution is 5.99. The second-order valence-corrected chi connectivity index (χ2v) is 15.0. The Hall–Kier alpha value is -8.09. The molecule has 0 aliphatic carbocycles. The monoisotopic (exact) mass is 920 g/mol. The van der Waals surface area contributed by atoms with E-state index >= 15 is 0 Å². The number of aromatic amines is 1. The molecule has 0 saturated carbocycles. The maximum Gasteiger partial charge on any atom is 0.326 e. The molecule has 0 unspecified atom stereocenters. The molecule has 0 saturated heterocycles. The third-order valence-electron chi connectivity index (χ3n) is 9.72. The summed E-state index contributed by atoms with van der Waals surface area (Å²) in [7, 11) is 0. The van der Waals surface area contributed by atoms with E-state index in [4.69, 9.17) is 28.3 Å².